The number of carbonyl (C=O) groups is 2. The summed E-state index contributed by atoms with van der Waals surface area (Å²) in [6.07, 6.45) is 3.93. The second kappa shape index (κ2) is 5.14. The fourth-order valence-corrected chi connectivity index (χ4v) is 2.22. The molecule has 0 saturated heterocycles. The highest BCUT2D eigenvalue weighted by Crippen LogP contribution is 2.30. The molecule has 0 aromatic heterocycles. The average molecular weight is 213 g/mol. The van der Waals surface area contributed by atoms with Gasteiger partial charge in [-0.3, -0.25) is 4.79 Å². The van der Waals surface area contributed by atoms with E-state index in [0.717, 1.165) is 25.7 Å². The van der Waals surface area contributed by atoms with Gasteiger partial charge < -0.3 is 10.4 Å². The first-order valence-electron chi connectivity index (χ1n) is 5.50. The van der Waals surface area contributed by atoms with Crippen LogP contribution in [-0.2, 0) is 9.59 Å². The molecule has 0 bridgehead atoms. The maximum Gasteiger partial charge on any atom is 0.326 e. The van der Waals surface area contributed by atoms with E-state index in [0.29, 0.717) is 5.92 Å². The highest BCUT2D eigenvalue weighted by Gasteiger charge is 2.31. The predicted octanol–water partition coefficient (Wildman–Crippen LogP) is 1.40. The van der Waals surface area contributed by atoms with Gasteiger partial charge in [-0.25, -0.2) is 4.79 Å². The van der Waals surface area contributed by atoms with Crippen LogP contribution < -0.4 is 5.32 Å². The van der Waals surface area contributed by atoms with Crippen molar-refractivity contribution in [3.8, 4) is 0 Å². The molecule has 0 aromatic rings. The van der Waals surface area contributed by atoms with Crippen molar-refractivity contribution in [3.05, 3.63) is 0 Å². The fourth-order valence-electron chi connectivity index (χ4n) is 2.22. The zero-order chi connectivity index (χ0) is 11.4. The van der Waals surface area contributed by atoms with E-state index in [2.05, 4.69) is 12.2 Å². The molecule has 0 heterocycles. The van der Waals surface area contributed by atoms with Gasteiger partial charge in [-0.15, -0.1) is 0 Å². The van der Waals surface area contributed by atoms with Crippen molar-refractivity contribution in [2.75, 3.05) is 0 Å². The Hall–Kier alpha value is -1.06. The molecule has 0 aromatic carbocycles. The van der Waals surface area contributed by atoms with Crippen LogP contribution in [0.3, 0.4) is 0 Å². The number of hydrogen-bond donors (Lipinski definition) is 2. The molecule has 1 fully saturated rings. The lowest BCUT2D eigenvalue weighted by atomic mass is 9.79. The molecule has 0 radical (unpaired) electrons. The predicted molar refractivity (Wildman–Crippen MR) is 56.4 cm³/mol. The van der Waals surface area contributed by atoms with Crippen LogP contribution in [0.25, 0.3) is 0 Å². The molecule has 1 aliphatic rings. The fraction of sp³-hybridized carbons (Fsp3) is 0.818. The van der Waals surface area contributed by atoms with Crippen LogP contribution in [0.4, 0.5) is 0 Å². The largest absolute Gasteiger partial charge is 0.480 e. The number of rotatable bonds is 3. The summed E-state index contributed by atoms with van der Waals surface area (Å²) in [5.74, 6) is -0.388. The van der Waals surface area contributed by atoms with Crippen LogP contribution in [0.1, 0.15) is 39.5 Å². The molecular weight excluding hydrogens is 194 g/mol. The van der Waals surface area contributed by atoms with Crippen LogP contribution >= 0.6 is 0 Å². The summed E-state index contributed by atoms with van der Waals surface area (Å²) in [4.78, 5) is 21.9. The number of carboxylic acid groups (broad SMARTS) is 1. The Balaban J connectivity index is 2.56. The van der Waals surface area contributed by atoms with E-state index < -0.39 is 12.0 Å². The normalized spacial score (nSPS) is 28.1. The zero-order valence-electron chi connectivity index (χ0n) is 9.32. The first kappa shape index (κ1) is 12.0. The van der Waals surface area contributed by atoms with Crippen molar-refractivity contribution < 1.29 is 14.7 Å². The summed E-state index contributed by atoms with van der Waals surface area (Å²) in [6.45, 7) is 3.55. The quantitative estimate of drug-likeness (QED) is 0.744. The molecule has 0 aliphatic heterocycles. The zero-order valence-corrected chi connectivity index (χ0v) is 9.32. The maximum absolute atomic E-state index is 11.0. The van der Waals surface area contributed by atoms with Gasteiger partial charge in [0.1, 0.15) is 6.04 Å². The Labute approximate surface area is 90.0 Å². The summed E-state index contributed by atoms with van der Waals surface area (Å²) in [7, 11) is 0. The molecule has 0 spiro atoms. The second-order valence-corrected chi connectivity index (χ2v) is 4.54. The minimum Gasteiger partial charge on any atom is -0.480 e. The van der Waals surface area contributed by atoms with Gasteiger partial charge in [-0.2, -0.15) is 0 Å². The first-order chi connectivity index (χ1) is 7.00. The third-order valence-electron chi connectivity index (χ3n) is 3.16. The van der Waals surface area contributed by atoms with E-state index in [9.17, 15) is 9.59 Å². The molecule has 86 valence electrons. The molecule has 1 atom stereocenters. The monoisotopic (exact) mass is 213 g/mol. The lowest BCUT2D eigenvalue weighted by molar-refractivity contribution is -0.143. The summed E-state index contributed by atoms with van der Waals surface area (Å²) in [6, 6.07) is -0.699. The van der Waals surface area contributed by atoms with E-state index in [1.807, 2.05) is 0 Å². The van der Waals surface area contributed by atoms with Crippen molar-refractivity contribution >= 4 is 11.9 Å². The second-order valence-electron chi connectivity index (χ2n) is 4.54. The Bertz CT molecular complexity index is 244. The van der Waals surface area contributed by atoms with Crippen molar-refractivity contribution in [1.29, 1.82) is 0 Å². The van der Waals surface area contributed by atoms with Crippen molar-refractivity contribution in [3.63, 3.8) is 0 Å². The lowest BCUT2D eigenvalue weighted by Gasteiger charge is -2.30. The summed E-state index contributed by atoms with van der Waals surface area (Å²) >= 11 is 0. The SMILES string of the molecule is CC(=O)NC(C(=O)O)C1CCC(C)CC1. The lowest BCUT2D eigenvalue weighted by Crippen LogP contribution is -2.46. The Morgan fingerprint density at radius 2 is 1.80 bits per heavy atom. The minimum atomic E-state index is -0.912. The number of nitrogens with one attached hydrogen (secondary N) is 1. The van der Waals surface area contributed by atoms with Crippen molar-refractivity contribution in [2.45, 2.75) is 45.6 Å². The third-order valence-corrected chi connectivity index (χ3v) is 3.16. The van der Waals surface area contributed by atoms with Crippen LogP contribution in [0.5, 0.6) is 0 Å². The molecule has 1 amide bonds. The molecule has 1 rings (SSSR count). The molecule has 15 heavy (non-hydrogen) atoms. The Morgan fingerprint density at radius 3 is 2.20 bits per heavy atom. The highest BCUT2D eigenvalue weighted by molar-refractivity contribution is 5.82. The number of aliphatic carboxylic acids is 1. The van der Waals surface area contributed by atoms with Crippen molar-refractivity contribution in [2.24, 2.45) is 11.8 Å². The van der Waals surface area contributed by atoms with E-state index in [1.54, 1.807) is 0 Å². The van der Waals surface area contributed by atoms with Gasteiger partial charge in [-0.05, 0) is 24.7 Å². The number of hydrogen-bond acceptors (Lipinski definition) is 2. The molecule has 1 saturated carbocycles. The van der Waals surface area contributed by atoms with E-state index in [4.69, 9.17) is 5.11 Å². The van der Waals surface area contributed by atoms with Gasteiger partial charge in [0.15, 0.2) is 0 Å². The molecule has 4 heteroatoms. The van der Waals surface area contributed by atoms with Crippen molar-refractivity contribution in [1.82, 2.24) is 5.32 Å². The molecule has 1 unspecified atom stereocenters. The van der Waals surface area contributed by atoms with Gasteiger partial charge in [0.25, 0.3) is 0 Å². The topological polar surface area (TPSA) is 66.4 Å². The molecule has 1 aliphatic carbocycles. The number of amides is 1. The van der Waals surface area contributed by atoms with E-state index in [-0.39, 0.29) is 11.8 Å². The Kier molecular flexibility index (Phi) is 4.12. The smallest absolute Gasteiger partial charge is 0.326 e. The van der Waals surface area contributed by atoms with E-state index in [1.165, 1.54) is 6.92 Å². The number of carbonyl (C=O) groups excluding carboxylic acids is 1. The number of carboxylic acids is 1. The molecule has 2 N–H and O–H groups in total. The Morgan fingerprint density at radius 1 is 1.27 bits per heavy atom. The first-order valence-corrected chi connectivity index (χ1v) is 5.50. The summed E-state index contributed by atoms with van der Waals surface area (Å²) in [5.41, 5.74) is 0. The van der Waals surface area contributed by atoms with Crippen LogP contribution in [0.2, 0.25) is 0 Å². The standard InChI is InChI=1S/C11H19NO3/c1-7-3-5-9(6-4-7)10(11(14)15)12-8(2)13/h7,9-10H,3-6H2,1-2H3,(H,12,13)(H,14,15). The summed E-state index contributed by atoms with van der Waals surface area (Å²) < 4.78 is 0. The average Bonchev–Trinajstić information content (AvgIpc) is 2.15. The van der Waals surface area contributed by atoms with Gasteiger partial charge in [0, 0.05) is 6.92 Å². The van der Waals surface area contributed by atoms with Crippen LogP contribution in [-0.4, -0.2) is 23.0 Å². The van der Waals surface area contributed by atoms with Gasteiger partial charge in [0.05, 0.1) is 0 Å². The molecule has 4 nitrogen and oxygen atoms in total. The van der Waals surface area contributed by atoms with Gasteiger partial charge >= 0.3 is 5.97 Å². The van der Waals surface area contributed by atoms with E-state index >= 15 is 0 Å². The maximum atomic E-state index is 11.0. The molecular formula is C11H19NO3. The third kappa shape index (κ3) is 3.53. The van der Waals surface area contributed by atoms with Gasteiger partial charge in [0.2, 0.25) is 5.91 Å². The highest BCUT2D eigenvalue weighted by atomic mass is 16.4. The van der Waals surface area contributed by atoms with Gasteiger partial charge in [-0.1, -0.05) is 19.8 Å². The van der Waals surface area contributed by atoms with Crippen LogP contribution in [0.15, 0.2) is 0 Å². The van der Waals surface area contributed by atoms with Crippen LogP contribution in [0, 0.1) is 11.8 Å². The minimum absolute atomic E-state index is 0.0996. The summed E-state index contributed by atoms with van der Waals surface area (Å²) in [5, 5.41) is 11.6.